The second kappa shape index (κ2) is 6.07. The fourth-order valence-corrected chi connectivity index (χ4v) is 4.15. The summed E-state index contributed by atoms with van der Waals surface area (Å²) in [6.45, 7) is 10.4. The van der Waals surface area contributed by atoms with E-state index in [0.717, 1.165) is 18.5 Å². The molecule has 0 aliphatic carbocycles. The number of nitrogens with zero attached hydrogens (tertiary/aromatic N) is 1. The van der Waals surface area contributed by atoms with Crippen LogP contribution < -0.4 is 5.32 Å². The highest BCUT2D eigenvalue weighted by atomic mass is 32.2. The van der Waals surface area contributed by atoms with Crippen molar-refractivity contribution in [2.75, 3.05) is 13.1 Å². The molecule has 1 aliphatic heterocycles. The van der Waals surface area contributed by atoms with Gasteiger partial charge in [0.25, 0.3) is 0 Å². The monoisotopic (exact) mass is 310 g/mol. The van der Waals surface area contributed by atoms with Crippen LogP contribution in [0.3, 0.4) is 0 Å². The predicted octanol–water partition coefficient (Wildman–Crippen LogP) is 2.61. The summed E-state index contributed by atoms with van der Waals surface area (Å²) >= 11 is 0. The third kappa shape index (κ3) is 4.05. The third-order valence-corrected chi connectivity index (χ3v) is 5.78. The summed E-state index contributed by atoms with van der Waals surface area (Å²) in [5.74, 6) is 0. The van der Waals surface area contributed by atoms with Gasteiger partial charge >= 0.3 is 0 Å². The third-order valence-electron chi connectivity index (χ3n) is 3.92. The minimum absolute atomic E-state index is 0.0776. The van der Waals surface area contributed by atoms with Crippen molar-refractivity contribution < 1.29 is 8.42 Å². The van der Waals surface area contributed by atoms with Crippen LogP contribution in [0.5, 0.6) is 0 Å². The molecule has 0 bridgehead atoms. The van der Waals surface area contributed by atoms with Crippen LogP contribution in [0.2, 0.25) is 0 Å². The molecule has 0 atom stereocenters. The summed E-state index contributed by atoms with van der Waals surface area (Å²) < 4.78 is 26.8. The van der Waals surface area contributed by atoms with Gasteiger partial charge in [0, 0.05) is 25.7 Å². The maximum atomic E-state index is 12.6. The molecule has 1 heterocycles. The van der Waals surface area contributed by atoms with Crippen molar-refractivity contribution in [1.82, 2.24) is 9.62 Å². The molecular weight excluding hydrogens is 284 g/mol. The van der Waals surface area contributed by atoms with Gasteiger partial charge in [0.2, 0.25) is 10.0 Å². The lowest BCUT2D eigenvalue weighted by Crippen LogP contribution is -2.30. The largest absolute Gasteiger partial charge is 0.310 e. The zero-order valence-corrected chi connectivity index (χ0v) is 14.2. The van der Waals surface area contributed by atoms with Crippen LogP contribution in [0.1, 0.15) is 39.7 Å². The van der Waals surface area contributed by atoms with Crippen LogP contribution in [0.15, 0.2) is 29.2 Å². The summed E-state index contributed by atoms with van der Waals surface area (Å²) in [4.78, 5) is 0.397. The molecule has 1 aromatic rings. The Bertz CT molecular complexity index is 577. The molecule has 5 heteroatoms. The first-order chi connectivity index (χ1) is 9.71. The lowest BCUT2D eigenvalue weighted by Gasteiger charge is -2.20. The second-order valence-electron chi connectivity index (χ2n) is 6.93. The van der Waals surface area contributed by atoms with Crippen molar-refractivity contribution in [2.45, 2.75) is 51.6 Å². The van der Waals surface area contributed by atoms with E-state index in [1.54, 1.807) is 16.4 Å². The number of sulfonamides is 1. The van der Waals surface area contributed by atoms with Crippen molar-refractivity contribution in [3.8, 4) is 0 Å². The van der Waals surface area contributed by atoms with Crippen molar-refractivity contribution in [1.29, 1.82) is 0 Å². The topological polar surface area (TPSA) is 49.4 Å². The molecule has 0 radical (unpaired) electrons. The predicted molar refractivity (Wildman–Crippen MR) is 85.6 cm³/mol. The fraction of sp³-hybridized carbons (Fsp3) is 0.625. The Morgan fingerprint density at radius 2 is 1.86 bits per heavy atom. The van der Waals surface area contributed by atoms with Crippen molar-refractivity contribution in [3.05, 3.63) is 29.8 Å². The Morgan fingerprint density at radius 1 is 1.24 bits per heavy atom. The molecular formula is C16H26N2O2S. The minimum Gasteiger partial charge on any atom is -0.310 e. The van der Waals surface area contributed by atoms with E-state index in [0.29, 0.717) is 24.0 Å². The summed E-state index contributed by atoms with van der Waals surface area (Å²) in [5.41, 5.74) is 1.18. The number of benzene rings is 1. The Balaban J connectivity index is 2.11. The molecule has 4 nitrogen and oxygen atoms in total. The van der Waals surface area contributed by atoms with Crippen LogP contribution >= 0.6 is 0 Å². The smallest absolute Gasteiger partial charge is 0.243 e. The van der Waals surface area contributed by atoms with E-state index in [1.165, 1.54) is 0 Å². The second-order valence-corrected chi connectivity index (χ2v) is 8.87. The summed E-state index contributed by atoms with van der Waals surface area (Å²) in [6, 6.07) is 7.64. The number of rotatable bonds is 5. The number of hydrogen-bond acceptors (Lipinski definition) is 3. The highest BCUT2D eigenvalue weighted by Crippen LogP contribution is 2.32. The van der Waals surface area contributed by atoms with Gasteiger partial charge in [-0.05, 0) is 29.5 Å². The van der Waals surface area contributed by atoms with Gasteiger partial charge < -0.3 is 5.32 Å². The summed E-state index contributed by atoms with van der Waals surface area (Å²) in [6.07, 6.45) is 0.919. The van der Waals surface area contributed by atoms with Crippen molar-refractivity contribution >= 4 is 10.0 Å². The quantitative estimate of drug-likeness (QED) is 0.909. The maximum absolute atomic E-state index is 12.6. The minimum atomic E-state index is -3.34. The Labute approximate surface area is 128 Å². The van der Waals surface area contributed by atoms with E-state index in [1.807, 2.05) is 12.1 Å². The zero-order chi connectivity index (χ0) is 15.7. The lowest BCUT2D eigenvalue weighted by molar-refractivity contribution is 0.375. The van der Waals surface area contributed by atoms with Crippen LogP contribution in [-0.4, -0.2) is 31.9 Å². The van der Waals surface area contributed by atoms with Crippen LogP contribution in [0.4, 0.5) is 0 Å². The van der Waals surface area contributed by atoms with Gasteiger partial charge in [0.1, 0.15) is 0 Å². The van der Waals surface area contributed by atoms with Gasteiger partial charge in [-0.25, -0.2) is 8.42 Å². The Kier molecular flexibility index (Phi) is 4.76. The molecule has 1 aliphatic rings. The van der Waals surface area contributed by atoms with Gasteiger partial charge in [-0.3, -0.25) is 0 Å². The fourth-order valence-electron chi connectivity index (χ4n) is 2.52. The molecule has 1 fully saturated rings. The molecule has 0 amide bonds. The van der Waals surface area contributed by atoms with E-state index in [2.05, 4.69) is 33.0 Å². The standard InChI is InChI=1S/C16H26N2O2S/c1-13(2)17-11-14-5-7-15(8-6-14)21(19,20)18-10-9-16(3,4)12-18/h5-8,13,17H,9-12H2,1-4H3. The first-order valence-corrected chi connectivity index (χ1v) is 8.97. The first-order valence-electron chi connectivity index (χ1n) is 7.53. The maximum Gasteiger partial charge on any atom is 0.243 e. The summed E-state index contributed by atoms with van der Waals surface area (Å²) in [7, 11) is -3.34. The van der Waals surface area contributed by atoms with Gasteiger partial charge in [0.05, 0.1) is 4.90 Å². The Hall–Kier alpha value is -0.910. The van der Waals surface area contributed by atoms with Crippen LogP contribution in [0.25, 0.3) is 0 Å². The van der Waals surface area contributed by atoms with E-state index in [9.17, 15) is 8.42 Å². The molecule has 0 saturated carbocycles. The van der Waals surface area contributed by atoms with E-state index < -0.39 is 10.0 Å². The number of hydrogen-bond donors (Lipinski definition) is 1. The van der Waals surface area contributed by atoms with E-state index >= 15 is 0 Å². The molecule has 0 spiro atoms. The van der Waals surface area contributed by atoms with E-state index in [-0.39, 0.29) is 5.41 Å². The molecule has 118 valence electrons. The van der Waals surface area contributed by atoms with E-state index in [4.69, 9.17) is 0 Å². The highest BCUT2D eigenvalue weighted by molar-refractivity contribution is 7.89. The van der Waals surface area contributed by atoms with Crippen molar-refractivity contribution in [3.63, 3.8) is 0 Å². The molecule has 1 N–H and O–H groups in total. The zero-order valence-electron chi connectivity index (χ0n) is 13.4. The molecule has 0 aromatic heterocycles. The molecule has 1 aromatic carbocycles. The first kappa shape index (κ1) is 16.5. The van der Waals surface area contributed by atoms with Crippen molar-refractivity contribution in [2.24, 2.45) is 5.41 Å². The SMILES string of the molecule is CC(C)NCc1ccc(S(=O)(=O)N2CCC(C)(C)C2)cc1. The van der Waals surface area contributed by atoms with Crippen LogP contribution in [0, 0.1) is 5.41 Å². The van der Waals surface area contributed by atoms with Crippen LogP contribution in [-0.2, 0) is 16.6 Å². The molecule has 21 heavy (non-hydrogen) atoms. The van der Waals surface area contributed by atoms with Gasteiger partial charge in [-0.15, -0.1) is 0 Å². The highest BCUT2D eigenvalue weighted by Gasteiger charge is 2.36. The molecule has 1 saturated heterocycles. The van der Waals surface area contributed by atoms with Gasteiger partial charge in [-0.1, -0.05) is 39.8 Å². The Morgan fingerprint density at radius 3 is 2.33 bits per heavy atom. The summed E-state index contributed by atoms with van der Waals surface area (Å²) in [5, 5.41) is 3.33. The average molecular weight is 310 g/mol. The van der Waals surface area contributed by atoms with Gasteiger partial charge in [0.15, 0.2) is 0 Å². The van der Waals surface area contributed by atoms with Gasteiger partial charge in [-0.2, -0.15) is 4.31 Å². The average Bonchev–Trinajstić information content (AvgIpc) is 2.78. The molecule has 0 unspecified atom stereocenters. The number of nitrogens with one attached hydrogen (secondary N) is 1. The normalized spacial score (nSPS) is 19.3. The molecule has 2 rings (SSSR count). The lowest BCUT2D eigenvalue weighted by atomic mass is 9.93.